The van der Waals surface area contributed by atoms with E-state index in [1.165, 1.54) is 5.56 Å². The van der Waals surface area contributed by atoms with Gasteiger partial charge in [-0.25, -0.2) is 10.0 Å². The van der Waals surface area contributed by atoms with Crippen LogP contribution < -0.4 is 5.01 Å². The number of amides is 1. The summed E-state index contributed by atoms with van der Waals surface area (Å²) in [5, 5.41) is 3.88. The molecule has 0 saturated carbocycles. The van der Waals surface area contributed by atoms with Gasteiger partial charge in [0.15, 0.2) is 0 Å². The van der Waals surface area contributed by atoms with E-state index in [9.17, 15) is 4.79 Å². The Kier molecular flexibility index (Phi) is 4.55. The fourth-order valence-corrected chi connectivity index (χ4v) is 3.65. The molecule has 1 aliphatic rings. The lowest BCUT2D eigenvalue weighted by Crippen LogP contribution is -2.44. The van der Waals surface area contributed by atoms with Crippen molar-refractivity contribution in [2.45, 2.75) is 12.3 Å². The zero-order chi connectivity index (χ0) is 17.9. The summed E-state index contributed by atoms with van der Waals surface area (Å²) in [5.74, 6) is -0.112. The van der Waals surface area contributed by atoms with E-state index in [-0.39, 0.29) is 11.8 Å². The smallest absolute Gasteiger partial charge is 0.253 e. The van der Waals surface area contributed by atoms with E-state index in [4.69, 9.17) is 0 Å². The van der Waals surface area contributed by atoms with E-state index in [1.807, 2.05) is 71.7 Å². The van der Waals surface area contributed by atoms with Crippen molar-refractivity contribution in [2.75, 3.05) is 18.6 Å². The lowest BCUT2D eigenvalue weighted by molar-refractivity contribution is -0.121. The van der Waals surface area contributed by atoms with Crippen LogP contribution in [0.5, 0.6) is 0 Å². The highest BCUT2D eigenvalue weighted by molar-refractivity contribution is 6.06. The Balaban J connectivity index is 1.61. The number of carbonyl (C=O) groups is 1. The van der Waals surface area contributed by atoms with Gasteiger partial charge in [-0.3, -0.25) is 4.79 Å². The second-order valence-electron chi connectivity index (χ2n) is 6.67. The number of fused-ring (bicyclic) bond motifs is 1. The third-order valence-corrected chi connectivity index (χ3v) is 4.97. The highest BCUT2D eigenvalue weighted by Gasteiger charge is 2.39. The molecule has 0 bridgehead atoms. The van der Waals surface area contributed by atoms with Gasteiger partial charge < -0.3 is 0 Å². The average molecular weight is 342 g/mol. The first kappa shape index (κ1) is 16.6. The van der Waals surface area contributed by atoms with Gasteiger partial charge in [-0.05, 0) is 29.2 Å². The zero-order valence-corrected chi connectivity index (χ0v) is 14.9. The number of hydrogen-bond donors (Lipinski definition) is 0. The minimum absolute atomic E-state index is 0.118. The first-order valence-corrected chi connectivity index (χ1v) is 8.98. The van der Waals surface area contributed by atoms with Gasteiger partial charge in [0, 0.05) is 13.6 Å². The van der Waals surface area contributed by atoms with Crippen molar-refractivity contribution in [3.63, 3.8) is 0 Å². The zero-order valence-electron chi connectivity index (χ0n) is 14.9. The molecule has 1 heterocycles. The van der Waals surface area contributed by atoms with Gasteiger partial charge in [-0.15, -0.1) is 0 Å². The van der Waals surface area contributed by atoms with Crippen LogP contribution in [-0.4, -0.2) is 24.5 Å². The van der Waals surface area contributed by atoms with Gasteiger partial charge >= 0.3 is 0 Å². The number of carbonyl (C=O) groups excluding carboxylic acids is 1. The molecule has 1 atom stereocenters. The Morgan fingerprint density at radius 2 is 1.46 bits per heavy atom. The van der Waals surface area contributed by atoms with E-state index in [1.54, 1.807) is 0 Å². The summed E-state index contributed by atoms with van der Waals surface area (Å²) in [7, 11) is 1.99. The van der Waals surface area contributed by atoms with Crippen molar-refractivity contribution in [2.24, 2.45) is 0 Å². The van der Waals surface area contributed by atoms with Crippen molar-refractivity contribution < 1.29 is 4.79 Å². The third kappa shape index (κ3) is 3.02. The average Bonchev–Trinajstić information content (AvgIpc) is 2.99. The maximum atomic E-state index is 13.3. The molecular weight excluding hydrogens is 320 g/mol. The quantitative estimate of drug-likeness (QED) is 0.692. The monoisotopic (exact) mass is 342 g/mol. The summed E-state index contributed by atoms with van der Waals surface area (Å²) in [6.45, 7) is 0.783. The van der Waals surface area contributed by atoms with Gasteiger partial charge in [0.1, 0.15) is 0 Å². The molecule has 0 fully saturated rings. The number of rotatable bonds is 5. The highest BCUT2D eigenvalue weighted by Crippen LogP contribution is 2.41. The Bertz CT molecular complexity index is 892. The van der Waals surface area contributed by atoms with E-state index < -0.39 is 0 Å². The van der Waals surface area contributed by atoms with Gasteiger partial charge in [-0.2, -0.15) is 0 Å². The molecule has 0 N–H and O–H groups in total. The maximum absolute atomic E-state index is 13.3. The van der Waals surface area contributed by atoms with E-state index in [2.05, 4.69) is 30.3 Å². The number of benzene rings is 3. The fraction of sp³-hybridized carbons (Fsp3) is 0.174. The molecule has 0 unspecified atom stereocenters. The largest absolute Gasteiger partial charge is 0.272 e. The molecule has 3 aromatic rings. The summed E-state index contributed by atoms with van der Waals surface area (Å²) >= 11 is 0. The van der Waals surface area contributed by atoms with Crippen LogP contribution >= 0.6 is 0 Å². The van der Waals surface area contributed by atoms with Crippen LogP contribution in [0.3, 0.4) is 0 Å². The number of nitrogens with zero attached hydrogens (tertiary/aromatic N) is 2. The molecule has 1 amide bonds. The second-order valence-corrected chi connectivity index (χ2v) is 6.67. The molecule has 4 rings (SSSR count). The molecular formula is C23H22N2O. The SMILES string of the molecule is CN(CCc1ccccc1)N1C(=O)[C@@H](c2ccccc2)c2ccccc21. The minimum atomic E-state index is -0.230. The molecule has 3 aromatic carbocycles. The van der Waals surface area contributed by atoms with Crippen molar-refractivity contribution >= 4 is 11.6 Å². The van der Waals surface area contributed by atoms with Crippen LogP contribution in [0.1, 0.15) is 22.6 Å². The van der Waals surface area contributed by atoms with Crippen LogP contribution in [0.4, 0.5) is 5.69 Å². The molecule has 0 spiro atoms. The third-order valence-electron chi connectivity index (χ3n) is 4.97. The van der Waals surface area contributed by atoms with E-state index >= 15 is 0 Å². The topological polar surface area (TPSA) is 23.6 Å². The predicted molar refractivity (Wildman–Crippen MR) is 105 cm³/mol. The Hall–Kier alpha value is -2.91. The number of para-hydroxylation sites is 1. The lowest BCUT2D eigenvalue weighted by Gasteiger charge is -2.29. The van der Waals surface area contributed by atoms with Gasteiger partial charge in [-0.1, -0.05) is 78.9 Å². The number of anilines is 1. The first-order valence-electron chi connectivity index (χ1n) is 8.98. The second kappa shape index (κ2) is 7.14. The summed E-state index contributed by atoms with van der Waals surface area (Å²) < 4.78 is 0. The Labute approximate surface area is 154 Å². The molecule has 0 saturated heterocycles. The molecule has 130 valence electrons. The van der Waals surface area contributed by atoms with Crippen molar-refractivity contribution in [3.05, 3.63) is 102 Å². The molecule has 0 aliphatic carbocycles. The standard InChI is InChI=1S/C23H22N2O/c1-24(17-16-18-10-4-2-5-11-18)25-21-15-9-8-14-20(21)22(23(25)26)19-12-6-3-7-13-19/h2-15,22H,16-17H2,1H3/t22-/m0/s1. The Morgan fingerprint density at radius 1 is 0.846 bits per heavy atom. The number of hydrogen-bond acceptors (Lipinski definition) is 2. The molecule has 0 radical (unpaired) electrons. The number of hydrazine groups is 1. The molecule has 3 heteroatoms. The maximum Gasteiger partial charge on any atom is 0.253 e. The van der Waals surface area contributed by atoms with Crippen LogP contribution in [-0.2, 0) is 11.2 Å². The van der Waals surface area contributed by atoms with Crippen molar-refractivity contribution in [1.82, 2.24) is 5.01 Å². The van der Waals surface area contributed by atoms with Crippen molar-refractivity contribution in [3.8, 4) is 0 Å². The summed E-state index contributed by atoms with van der Waals surface area (Å²) in [5.41, 5.74) is 4.39. The fourth-order valence-electron chi connectivity index (χ4n) is 3.65. The van der Waals surface area contributed by atoms with Crippen LogP contribution in [0.2, 0.25) is 0 Å². The van der Waals surface area contributed by atoms with Crippen LogP contribution in [0, 0.1) is 0 Å². The molecule has 26 heavy (non-hydrogen) atoms. The highest BCUT2D eigenvalue weighted by atomic mass is 16.2. The predicted octanol–water partition coefficient (Wildman–Crippen LogP) is 4.25. The first-order chi connectivity index (χ1) is 12.8. The lowest BCUT2D eigenvalue weighted by atomic mass is 9.93. The van der Waals surface area contributed by atoms with E-state index in [0.29, 0.717) is 0 Å². The summed E-state index contributed by atoms with van der Waals surface area (Å²) in [6.07, 6.45) is 0.902. The molecule has 0 aromatic heterocycles. The normalized spacial score (nSPS) is 16.2. The van der Waals surface area contributed by atoms with E-state index in [0.717, 1.165) is 29.8 Å². The van der Waals surface area contributed by atoms with Gasteiger partial charge in [0.25, 0.3) is 5.91 Å². The summed E-state index contributed by atoms with van der Waals surface area (Å²) in [4.78, 5) is 13.3. The Morgan fingerprint density at radius 3 is 2.19 bits per heavy atom. The van der Waals surface area contributed by atoms with Gasteiger partial charge in [0.2, 0.25) is 0 Å². The minimum Gasteiger partial charge on any atom is -0.272 e. The summed E-state index contributed by atoms with van der Waals surface area (Å²) in [6, 6.07) is 28.5. The van der Waals surface area contributed by atoms with Crippen LogP contribution in [0.15, 0.2) is 84.9 Å². The molecule has 3 nitrogen and oxygen atoms in total. The van der Waals surface area contributed by atoms with Gasteiger partial charge in [0.05, 0.1) is 11.6 Å². The van der Waals surface area contributed by atoms with Crippen molar-refractivity contribution in [1.29, 1.82) is 0 Å². The molecule has 1 aliphatic heterocycles. The number of likely N-dealkylation sites (N-methyl/N-ethyl adjacent to an activating group) is 1. The van der Waals surface area contributed by atoms with Crippen LogP contribution in [0.25, 0.3) is 0 Å².